The summed E-state index contributed by atoms with van der Waals surface area (Å²) in [6.07, 6.45) is 2.15. The Morgan fingerprint density at radius 3 is 2.32 bits per heavy atom. The number of non-ortho nitro benzene ring substituents is 1. The molecule has 2 aliphatic rings. The zero-order valence-electron chi connectivity index (χ0n) is 17.1. The summed E-state index contributed by atoms with van der Waals surface area (Å²) in [7, 11) is 0. The lowest BCUT2D eigenvalue weighted by Gasteiger charge is -2.30. The minimum atomic E-state index is -0.549. The Morgan fingerprint density at radius 1 is 1.03 bits per heavy atom. The first-order valence-electron chi connectivity index (χ1n) is 10.3. The number of imide groups is 1. The first-order valence-corrected chi connectivity index (χ1v) is 10.3. The quantitative estimate of drug-likeness (QED) is 0.417. The number of carbonyl (C=O) groups excluding carboxylic acids is 3. The van der Waals surface area contributed by atoms with Gasteiger partial charge in [-0.05, 0) is 42.9 Å². The topological polar surface area (TPSA) is 101 Å². The highest BCUT2D eigenvalue weighted by molar-refractivity contribution is 6.07. The highest BCUT2D eigenvalue weighted by Gasteiger charge is 2.52. The molecule has 0 unspecified atom stereocenters. The molecule has 1 saturated carbocycles. The highest BCUT2D eigenvalue weighted by atomic mass is 16.6. The zero-order valence-corrected chi connectivity index (χ0v) is 17.1. The average Bonchev–Trinajstić information content (AvgIpc) is 3.02. The molecule has 0 radical (unpaired) electrons. The van der Waals surface area contributed by atoms with Gasteiger partial charge in [-0.15, -0.1) is 0 Å². The predicted octanol–water partition coefficient (Wildman–Crippen LogP) is 3.57. The van der Waals surface area contributed by atoms with Gasteiger partial charge in [-0.3, -0.25) is 24.5 Å². The van der Waals surface area contributed by atoms with E-state index in [2.05, 4.69) is 6.92 Å². The summed E-state index contributed by atoms with van der Waals surface area (Å²) in [5, 5.41) is 13.1. The number of carbonyl (C=O) groups is 3. The number of hydrogen-bond acceptors (Lipinski definition) is 5. The summed E-state index contributed by atoms with van der Waals surface area (Å²) in [4.78, 5) is 50.2. The second-order valence-electron chi connectivity index (χ2n) is 8.27. The minimum absolute atomic E-state index is 0.0448. The molecule has 2 aromatic rings. The number of hydrazine groups is 1. The van der Waals surface area contributed by atoms with Gasteiger partial charge < -0.3 is 0 Å². The molecule has 1 heterocycles. The summed E-state index contributed by atoms with van der Waals surface area (Å²) in [6.45, 7) is 2.11. The van der Waals surface area contributed by atoms with Crippen LogP contribution in [-0.4, -0.2) is 32.7 Å². The van der Waals surface area contributed by atoms with Crippen molar-refractivity contribution < 1.29 is 19.3 Å². The van der Waals surface area contributed by atoms with E-state index in [-0.39, 0.29) is 29.6 Å². The second-order valence-corrected chi connectivity index (χ2v) is 8.27. The van der Waals surface area contributed by atoms with Gasteiger partial charge >= 0.3 is 0 Å². The molecule has 0 N–H and O–H groups in total. The van der Waals surface area contributed by atoms with Crippen LogP contribution in [0.15, 0.2) is 54.6 Å². The van der Waals surface area contributed by atoms with Gasteiger partial charge in [0.2, 0.25) is 0 Å². The van der Waals surface area contributed by atoms with Crippen LogP contribution in [0.4, 0.5) is 5.69 Å². The average molecular weight is 421 g/mol. The number of benzene rings is 2. The molecule has 4 rings (SSSR count). The smallest absolute Gasteiger partial charge is 0.272 e. The molecule has 1 aliphatic carbocycles. The van der Waals surface area contributed by atoms with Gasteiger partial charge in [0.05, 0.1) is 23.3 Å². The highest BCUT2D eigenvalue weighted by Crippen LogP contribution is 2.41. The van der Waals surface area contributed by atoms with Crippen LogP contribution >= 0.6 is 0 Å². The summed E-state index contributed by atoms with van der Waals surface area (Å²) in [5.41, 5.74) is 0.798. The molecule has 3 amide bonds. The van der Waals surface area contributed by atoms with E-state index < -0.39 is 22.7 Å². The lowest BCUT2D eigenvalue weighted by molar-refractivity contribution is -0.384. The number of rotatable bonds is 5. The van der Waals surface area contributed by atoms with E-state index in [1.807, 2.05) is 30.3 Å². The summed E-state index contributed by atoms with van der Waals surface area (Å²) >= 11 is 0. The van der Waals surface area contributed by atoms with Crippen molar-refractivity contribution in [3.05, 3.63) is 75.8 Å². The maximum Gasteiger partial charge on any atom is 0.273 e. The van der Waals surface area contributed by atoms with Gasteiger partial charge in [0.25, 0.3) is 23.4 Å². The fourth-order valence-electron chi connectivity index (χ4n) is 4.47. The van der Waals surface area contributed by atoms with Crippen molar-refractivity contribution in [3.63, 3.8) is 0 Å². The first kappa shape index (κ1) is 20.7. The largest absolute Gasteiger partial charge is 0.273 e. The number of hydrogen-bond donors (Lipinski definition) is 0. The third-order valence-electron chi connectivity index (χ3n) is 6.14. The first-order chi connectivity index (χ1) is 14.9. The molecule has 31 heavy (non-hydrogen) atoms. The van der Waals surface area contributed by atoms with E-state index in [9.17, 15) is 24.5 Å². The monoisotopic (exact) mass is 421 g/mol. The molecule has 8 nitrogen and oxygen atoms in total. The van der Waals surface area contributed by atoms with Crippen LogP contribution in [0.3, 0.4) is 0 Å². The van der Waals surface area contributed by atoms with E-state index in [1.54, 1.807) is 0 Å². The van der Waals surface area contributed by atoms with Crippen molar-refractivity contribution in [2.75, 3.05) is 0 Å². The van der Waals surface area contributed by atoms with Crippen LogP contribution in [0.5, 0.6) is 0 Å². The number of nitrogens with zero attached hydrogens (tertiary/aromatic N) is 3. The fourth-order valence-corrected chi connectivity index (χ4v) is 4.47. The number of nitro benzene ring substituents is 1. The molecule has 3 atom stereocenters. The molecule has 1 aliphatic heterocycles. The Hall–Kier alpha value is -3.55. The molecule has 0 spiro atoms. The molecule has 1 saturated heterocycles. The number of nitro groups is 1. The van der Waals surface area contributed by atoms with Crippen LogP contribution in [0.1, 0.15) is 42.1 Å². The predicted molar refractivity (Wildman–Crippen MR) is 111 cm³/mol. The normalized spacial score (nSPS) is 22.9. The van der Waals surface area contributed by atoms with Crippen molar-refractivity contribution >= 4 is 23.4 Å². The van der Waals surface area contributed by atoms with E-state index in [4.69, 9.17) is 0 Å². The standard InChI is InChI=1S/C23H23N3O5/c1-15-7-12-19-20(13-15)23(29)25(22(19)28)24(14-16-5-3-2-4-6-16)21(27)17-8-10-18(11-9-17)26(30)31/h2-6,8-11,15,19-20H,7,12-14H2,1H3/t15-,19-,20-/m1/s1. The molecule has 2 fully saturated rings. The Labute approximate surface area is 179 Å². The van der Waals surface area contributed by atoms with Gasteiger partial charge in [-0.1, -0.05) is 37.3 Å². The van der Waals surface area contributed by atoms with Crippen molar-refractivity contribution in [3.8, 4) is 0 Å². The summed E-state index contributed by atoms with van der Waals surface area (Å²) in [5.74, 6) is -1.68. The van der Waals surface area contributed by atoms with E-state index in [0.29, 0.717) is 18.8 Å². The molecular formula is C23H23N3O5. The number of fused-ring (bicyclic) bond motifs is 1. The zero-order chi connectivity index (χ0) is 22.1. The third-order valence-corrected chi connectivity index (χ3v) is 6.14. The van der Waals surface area contributed by atoms with E-state index in [1.165, 1.54) is 29.3 Å². The van der Waals surface area contributed by atoms with Gasteiger partial charge in [0.1, 0.15) is 0 Å². The van der Waals surface area contributed by atoms with Crippen molar-refractivity contribution in [1.82, 2.24) is 10.0 Å². The van der Waals surface area contributed by atoms with Crippen LogP contribution in [0.2, 0.25) is 0 Å². The van der Waals surface area contributed by atoms with Crippen LogP contribution in [-0.2, 0) is 16.1 Å². The lowest BCUT2D eigenvalue weighted by atomic mass is 9.76. The SMILES string of the molecule is C[C@@H]1CC[C@H]2C(=O)N(N(Cc3ccccc3)C(=O)c3ccc([N+](=O)[O-])cc3)C(=O)[C@@H]2C1. The maximum atomic E-state index is 13.4. The Bertz CT molecular complexity index is 1020. The Balaban J connectivity index is 1.69. The summed E-state index contributed by atoms with van der Waals surface area (Å²) < 4.78 is 0. The number of amides is 3. The molecule has 0 bridgehead atoms. The third kappa shape index (κ3) is 3.93. The van der Waals surface area contributed by atoms with Crippen LogP contribution in [0.25, 0.3) is 0 Å². The van der Waals surface area contributed by atoms with Crippen LogP contribution in [0, 0.1) is 27.9 Å². The molecular weight excluding hydrogens is 398 g/mol. The van der Waals surface area contributed by atoms with Gasteiger partial charge in [-0.2, -0.15) is 5.01 Å². The lowest BCUT2D eigenvalue weighted by Crippen LogP contribution is -2.49. The van der Waals surface area contributed by atoms with E-state index in [0.717, 1.165) is 17.0 Å². The Morgan fingerprint density at radius 2 is 1.68 bits per heavy atom. The molecule has 2 aromatic carbocycles. The van der Waals surface area contributed by atoms with Crippen molar-refractivity contribution in [1.29, 1.82) is 0 Å². The van der Waals surface area contributed by atoms with Crippen molar-refractivity contribution in [2.45, 2.75) is 32.7 Å². The van der Waals surface area contributed by atoms with Gasteiger partial charge in [-0.25, -0.2) is 5.01 Å². The molecule has 160 valence electrons. The van der Waals surface area contributed by atoms with Gasteiger partial charge in [0.15, 0.2) is 0 Å². The van der Waals surface area contributed by atoms with Gasteiger partial charge in [0, 0.05) is 17.7 Å². The van der Waals surface area contributed by atoms with Crippen LogP contribution < -0.4 is 0 Å². The Kier molecular flexibility index (Phi) is 5.54. The second kappa shape index (κ2) is 8.29. The molecule has 0 aromatic heterocycles. The van der Waals surface area contributed by atoms with E-state index >= 15 is 0 Å². The minimum Gasteiger partial charge on any atom is -0.272 e. The van der Waals surface area contributed by atoms with Crippen molar-refractivity contribution in [2.24, 2.45) is 17.8 Å². The molecule has 8 heteroatoms. The fraction of sp³-hybridized carbons (Fsp3) is 0.348. The summed E-state index contributed by atoms with van der Waals surface area (Å²) in [6, 6.07) is 14.3. The maximum absolute atomic E-state index is 13.4.